The summed E-state index contributed by atoms with van der Waals surface area (Å²) < 4.78 is 31.1. The fraction of sp³-hybridized carbons (Fsp3) is 0.182. The first-order chi connectivity index (χ1) is 9.18. The van der Waals surface area contributed by atoms with Crippen LogP contribution in [0.1, 0.15) is 0 Å². The molecule has 1 aromatic carbocycles. The van der Waals surface area contributed by atoms with Gasteiger partial charge >= 0.3 is 5.95 Å². The molecule has 0 atom stereocenters. The van der Waals surface area contributed by atoms with E-state index < -0.39 is 10.1 Å². The predicted octanol–water partition coefficient (Wildman–Crippen LogP) is 0.0261. The Morgan fingerprint density at radius 2 is 2.00 bits per heavy atom. The number of hydrogen-bond acceptors (Lipinski definition) is 6. The van der Waals surface area contributed by atoms with Gasteiger partial charge in [-0.3, -0.25) is 4.55 Å². The summed E-state index contributed by atoms with van der Waals surface area (Å²) in [7, 11) is -0.945. The molecule has 1 aromatic heterocycles. The third kappa shape index (κ3) is 3.14. The minimum absolute atomic E-state index is 0.121. The highest BCUT2D eigenvalue weighted by Crippen LogP contribution is 2.20. The van der Waals surface area contributed by atoms with E-state index in [0.717, 1.165) is 0 Å². The van der Waals surface area contributed by atoms with E-state index in [1.54, 1.807) is 20.2 Å². The second kappa shape index (κ2) is 4.87. The first kappa shape index (κ1) is 14.5. The van der Waals surface area contributed by atoms with E-state index in [9.17, 15) is 8.42 Å². The van der Waals surface area contributed by atoms with Gasteiger partial charge in [-0.25, -0.2) is 4.98 Å². The Kier molecular flexibility index (Phi) is 3.52. The van der Waals surface area contributed by atoms with Crippen LogP contribution in [-0.4, -0.2) is 42.0 Å². The van der Waals surface area contributed by atoms with Gasteiger partial charge in [0.2, 0.25) is 6.33 Å². The second-order valence-electron chi connectivity index (χ2n) is 4.60. The van der Waals surface area contributed by atoms with Gasteiger partial charge in [-0.05, 0) is 12.1 Å². The van der Waals surface area contributed by atoms with Gasteiger partial charge < -0.3 is 0 Å². The van der Waals surface area contributed by atoms with Crippen LogP contribution in [0.5, 0.6) is 0 Å². The summed E-state index contributed by atoms with van der Waals surface area (Å²) in [5, 5.41) is 0. The maximum absolute atomic E-state index is 11.1. The van der Waals surface area contributed by atoms with Crippen LogP contribution >= 0.6 is 0 Å². The van der Waals surface area contributed by atoms with Crippen molar-refractivity contribution in [1.29, 1.82) is 0 Å². The maximum Gasteiger partial charge on any atom is 0.352 e. The summed E-state index contributed by atoms with van der Waals surface area (Å²) >= 11 is 0. The number of rotatable bonds is 3. The Hall–Kier alpha value is -1.94. The molecule has 8 nitrogen and oxygen atoms in total. The van der Waals surface area contributed by atoms with Gasteiger partial charge in [0.1, 0.15) is 0 Å². The summed E-state index contributed by atoms with van der Waals surface area (Å²) in [5.41, 5.74) is 0.411. The van der Waals surface area contributed by atoms with E-state index in [1.165, 1.54) is 18.2 Å². The Balaban J connectivity index is 2.53. The van der Waals surface area contributed by atoms with Crippen molar-refractivity contribution in [3.63, 3.8) is 0 Å². The lowest BCUT2D eigenvalue weighted by molar-refractivity contribution is 0.394. The van der Waals surface area contributed by atoms with Crippen LogP contribution in [0.3, 0.4) is 0 Å². The van der Waals surface area contributed by atoms with Gasteiger partial charge in [0.15, 0.2) is 5.82 Å². The van der Waals surface area contributed by atoms with Gasteiger partial charge in [-0.2, -0.15) is 28.8 Å². The Bertz CT molecular complexity index is 740. The summed E-state index contributed by atoms with van der Waals surface area (Å²) in [6.45, 7) is 0. The zero-order valence-corrected chi connectivity index (χ0v) is 11.7. The van der Waals surface area contributed by atoms with Crippen LogP contribution in [0.15, 0.2) is 29.2 Å². The molecule has 1 radical (unpaired) electrons. The molecule has 1 heterocycles. The number of nitrogens with zero attached hydrogens (tertiary/aromatic N) is 4. The third-order valence-electron chi connectivity index (χ3n) is 2.42. The molecule has 9 heteroatoms. The molecule has 0 unspecified atom stereocenters. The lowest BCUT2D eigenvalue weighted by Gasteiger charge is -2.18. The number of quaternary nitrogens is 1. The molecule has 0 saturated carbocycles. The lowest BCUT2D eigenvalue weighted by atomic mass is 10.2. The smallest absolute Gasteiger partial charge is 0.282 e. The molecule has 0 aliphatic heterocycles. The monoisotopic (exact) mass is 295 g/mol. The Morgan fingerprint density at radius 3 is 2.60 bits per heavy atom. The minimum Gasteiger partial charge on any atom is -0.282 e. The van der Waals surface area contributed by atoms with Crippen molar-refractivity contribution >= 4 is 16.1 Å². The molecule has 2 rings (SSSR count). The first-order valence-electron chi connectivity index (χ1n) is 5.51. The van der Waals surface area contributed by atoms with Crippen molar-refractivity contribution in [1.82, 2.24) is 19.5 Å². The second-order valence-corrected chi connectivity index (χ2v) is 6.02. The summed E-state index contributed by atoms with van der Waals surface area (Å²) in [5.74, 6) is 6.32. The molecule has 0 aliphatic rings. The molecule has 105 valence electrons. The average Bonchev–Trinajstić information content (AvgIpc) is 2.37. The molecule has 2 aromatic rings. The van der Waals surface area contributed by atoms with Gasteiger partial charge in [0.05, 0.1) is 19.0 Å². The molecule has 0 amide bonds. The van der Waals surface area contributed by atoms with E-state index in [4.69, 9.17) is 10.4 Å². The highest BCUT2D eigenvalue weighted by Gasteiger charge is 2.20. The van der Waals surface area contributed by atoms with Crippen LogP contribution in [0.25, 0.3) is 11.4 Å². The Labute approximate surface area is 116 Å². The number of benzene rings is 1. The molecular weight excluding hydrogens is 282 g/mol. The number of hydrogen-bond donors (Lipinski definition) is 2. The van der Waals surface area contributed by atoms with Crippen LogP contribution in [0.4, 0.5) is 5.95 Å². The van der Waals surface area contributed by atoms with Crippen LogP contribution in [0, 0.1) is 6.33 Å². The molecule has 20 heavy (non-hydrogen) atoms. The molecule has 0 fully saturated rings. The van der Waals surface area contributed by atoms with E-state index in [0.29, 0.717) is 5.56 Å². The minimum atomic E-state index is -4.28. The van der Waals surface area contributed by atoms with Crippen LogP contribution in [0.2, 0.25) is 0 Å². The zero-order valence-electron chi connectivity index (χ0n) is 10.8. The summed E-state index contributed by atoms with van der Waals surface area (Å²) in [4.78, 5) is 11.6. The third-order valence-corrected chi connectivity index (χ3v) is 3.27. The fourth-order valence-electron chi connectivity index (χ4n) is 1.44. The van der Waals surface area contributed by atoms with E-state index in [-0.39, 0.29) is 21.3 Å². The van der Waals surface area contributed by atoms with E-state index in [2.05, 4.69) is 21.3 Å². The number of nitrogens with two attached hydrogens (primary N) is 1. The average molecular weight is 295 g/mol. The fourth-order valence-corrected chi connectivity index (χ4v) is 1.97. The predicted molar refractivity (Wildman–Crippen MR) is 71.7 cm³/mol. The highest BCUT2D eigenvalue weighted by atomic mass is 32.2. The van der Waals surface area contributed by atoms with Crippen molar-refractivity contribution in [2.24, 2.45) is 5.84 Å². The summed E-state index contributed by atoms with van der Waals surface area (Å²) in [6, 6.07) is 5.62. The Morgan fingerprint density at radius 1 is 1.30 bits per heavy atom. The molecule has 3 N–H and O–H groups in total. The van der Waals surface area contributed by atoms with Crippen molar-refractivity contribution in [2.45, 2.75) is 4.90 Å². The molecule has 0 saturated heterocycles. The molecule has 0 spiro atoms. The molecular formula is C11H13N5O3S+. The van der Waals surface area contributed by atoms with Crippen molar-refractivity contribution in [2.75, 3.05) is 14.1 Å². The standard InChI is InChI=1S/C11H12N5O3S/c1-16(2,12)11-14-7-13-10(15-11)8-4-3-5-9(6-8)20(17,18)19/h3-6H,12H2,1-2H3/p+1. The van der Waals surface area contributed by atoms with Crippen molar-refractivity contribution in [3.8, 4) is 11.4 Å². The largest absolute Gasteiger partial charge is 0.352 e. The lowest BCUT2D eigenvalue weighted by Crippen LogP contribution is -2.49. The molecule has 0 aliphatic carbocycles. The SMILES string of the molecule is C[N+](C)(N)c1n[c]nc(-c2cccc(S(=O)(=O)O)c2)n1. The molecule has 0 bridgehead atoms. The summed E-state index contributed by atoms with van der Waals surface area (Å²) in [6.07, 6.45) is 2.42. The van der Waals surface area contributed by atoms with Gasteiger partial charge in [-0.15, -0.1) is 0 Å². The first-order valence-corrected chi connectivity index (χ1v) is 6.95. The normalized spacial score (nSPS) is 12.4. The van der Waals surface area contributed by atoms with Crippen LogP contribution in [-0.2, 0) is 10.1 Å². The maximum atomic E-state index is 11.1. The topological polar surface area (TPSA) is 119 Å². The van der Waals surface area contributed by atoms with Crippen molar-refractivity contribution < 1.29 is 13.0 Å². The van der Waals surface area contributed by atoms with E-state index >= 15 is 0 Å². The van der Waals surface area contributed by atoms with E-state index in [1.807, 2.05) is 0 Å². The van der Waals surface area contributed by atoms with Crippen LogP contribution < -0.4 is 10.4 Å². The van der Waals surface area contributed by atoms with Gasteiger partial charge in [0, 0.05) is 5.56 Å². The van der Waals surface area contributed by atoms with Crippen molar-refractivity contribution in [3.05, 3.63) is 30.6 Å². The number of aromatic nitrogens is 3. The highest BCUT2D eigenvalue weighted by molar-refractivity contribution is 7.85. The van der Waals surface area contributed by atoms with Gasteiger partial charge in [0.25, 0.3) is 10.1 Å². The zero-order chi connectivity index (χ0) is 15.0. The van der Waals surface area contributed by atoms with Gasteiger partial charge in [-0.1, -0.05) is 12.1 Å². The quantitative estimate of drug-likeness (QED) is 0.355.